The van der Waals surface area contributed by atoms with Gasteiger partial charge in [-0.25, -0.2) is 9.07 Å². The van der Waals surface area contributed by atoms with Crippen LogP contribution in [-0.4, -0.2) is 82.1 Å². The lowest BCUT2D eigenvalue weighted by Gasteiger charge is -2.35. The van der Waals surface area contributed by atoms with E-state index in [1.165, 1.54) is 12.1 Å². The molecule has 0 bridgehead atoms. The minimum Gasteiger partial charge on any atom is -0.342 e. The average molecular weight is 416 g/mol. The predicted molar refractivity (Wildman–Crippen MR) is 113 cm³/mol. The van der Waals surface area contributed by atoms with Gasteiger partial charge in [-0.3, -0.25) is 14.5 Å². The van der Waals surface area contributed by atoms with Gasteiger partial charge in [-0.2, -0.15) is 5.10 Å². The highest BCUT2D eigenvalue weighted by molar-refractivity contribution is 5.96. The van der Waals surface area contributed by atoms with Crippen LogP contribution in [0, 0.1) is 19.7 Å². The molecule has 1 fully saturated rings. The summed E-state index contributed by atoms with van der Waals surface area (Å²) < 4.78 is 14.9. The second-order valence-electron chi connectivity index (χ2n) is 7.57. The largest absolute Gasteiger partial charge is 0.342 e. The molecule has 162 valence electrons. The number of hydrogen-bond donors (Lipinski definition) is 0. The van der Waals surface area contributed by atoms with Gasteiger partial charge in [0, 0.05) is 39.3 Å². The molecule has 0 unspecified atom stereocenters. The highest BCUT2D eigenvalue weighted by Gasteiger charge is 2.28. The van der Waals surface area contributed by atoms with E-state index in [0.717, 1.165) is 11.4 Å². The third kappa shape index (κ3) is 4.53. The van der Waals surface area contributed by atoms with Crippen molar-refractivity contribution in [2.75, 3.05) is 45.8 Å². The molecule has 3 rings (SSSR count). The van der Waals surface area contributed by atoms with E-state index in [2.05, 4.69) is 10.00 Å². The van der Waals surface area contributed by atoms with E-state index in [9.17, 15) is 14.0 Å². The number of hydrogen-bond acceptors (Lipinski definition) is 4. The van der Waals surface area contributed by atoms with Gasteiger partial charge in [-0.05, 0) is 52.0 Å². The van der Waals surface area contributed by atoms with Crippen LogP contribution in [-0.2, 0) is 4.79 Å². The summed E-state index contributed by atoms with van der Waals surface area (Å²) in [5.41, 5.74) is 2.70. The SMILES string of the molecule is CCN(CC)C(=O)CN1CCN(C(=O)c2c(C)nn(-c3ccc(F)cc3)c2C)CC1. The number of carbonyl (C=O) groups excluding carboxylic acids is 2. The molecule has 1 saturated heterocycles. The van der Waals surface area contributed by atoms with Crippen molar-refractivity contribution in [3.05, 3.63) is 47.0 Å². The normalized spacial score (nSPS) is 14.8. The fourth-order valence-electron chi connectivity index (χ4n) is 3.92. The number of halogens is 1. The van der Waals surface area contributed by atoms with Crippen LogP contribution in [0.5, 0.6) is 0 Å². The quantitative estimate of drug-likeness (QED) is 0.726. The second-order valence-corrected chi connectivity index (χ2v) is 7.57. The Balaban J connectivity index is 1.67. The summed E-state index contributed by atoms with van der Waals surface area (Å²) in [5, 5.41) is 4.50. The number of aromatic nitrogens is 2. The summed E-state index contributed by atoms with van der Waals surface area (Å²) >= 11 is 0. The van der Waals surface area contributed by atoms with Crippen LogP contribution >= 0.6 is 0 Å². The first kappa shape index (κ1) is 22.0. The summed E-state index contributed by atoms with van der Waals surface area (Å²) in [7, 11) is 0. The average Bonchev–Trinajstić information content (AvgIpc) is 3.03. The molecule has 1 aliphatic rings. The Hall–Kier alpha value is -2.74. The zero-order valence-corrected chi connectivity index (χ0v) is 18.2. The number of aryl methyl sites for hydroxylation is 1. The third-order valence-corrected chi connectivity index (χ3v) is 5.71. The maximum atomic E-state index is 13.2. The molecule has 1 aliphatic heterocycles. The van der Waals surface area contributed by atoms with E-state index in [0.29, 0.717) is 57.1 Å². The van der Waals surface area contributed by atoms with E-state index in [-0.39, 0.29) is 17.6 Å². The van der Waals surface area contributed by atoms with Crippen LogP contribution in [0.2, 0.25) is 0 Å². The lowest BCUT2D eigenvalue weighted by atomic mass is 10.1. The molecule has 30 heavy (non-hydrogen) atoms. The zero-order valence-electron chi connectivity index (χ0n) is 18.2. The minimum atomic E-state index is -0.311. The number of benzene rings is 1. The van der Waals surface area contributed by atoms with Crippen molar-refractivity contribution in [1.29, 1.82) is 0 Å². The van der Waals surface area contributed by atoms with Crippen LogP contribution in [0.25, 0.3) is 5.69 Å². The summed E-state index contributed by atoms with van der Waals surface area (Å²) in [4.78, 5) is 31.3. The molecule has 2 heterocycles. The molecule has 2 amide bonds. The standard InChI is InChI=1S/C22H30FN5O2/c1-5-26(6-2)20(29)15-25-11-13-27(14-12-25)22(30)21-16(3)24-28(17(21)4)19-9-7-18(23)8-10-19/h7-10H,5-6,11-15H2,1-4H3. The van der Waals surface area contributed by atoms with E-state index in [1.807, 2.05) is 37.5 Å². The van der Waals surface area contributed by atoms with Crippen LogP contribution in [0.1, 0.15) is 35.6 Å². The highest BCUT2D eigenvalue weighted by Crippen LogP contribution is 2.21. The first-order chi connectivity index (χ1) is 14.3. The van der Waals surface area contributed by atoms with E-state index >= 15 is 0 Å². The Bertz CT molecular complexity index is 897. The number of carbonyl (C=O) groups is 2. The van der Waals surface area contributed by atoms with Gasteiger partial charge in [-0.1, -0.05) is 0 Å². The molecular formula is C22H30FN5O2. The van der Waals surface area contributed by atoms with E-state index < -0.39 is 0 Å². The van der Waals surface area contributed by atoms with Gasteiger partial charge in [0.05, 0.1) is 29.2 Å². The van der Waals surface area contributed by atoms with Gasteiger partial charge in [0.25, 0.3) is 5.91 Å². The molecule has 0 atom stereocenters. The Kier molecular flexibility index (Phi) is 6.87. The molecule has 0 saturated carbocycles. The maximum absolute atomic E-state index is 13.2. The predicted octanol–water partition coefficient (Wildman–Crippen LogP) is 2.25. The Labute approximate surface area is 177 Å². The number of rotatable bonds is 6. The molecule has 2 aromatic rings. The Morgan fingerprint density at radius 2 is 1.63 bits per heavy atom. The van der Waals surface area contributed by atoms with Gasteiger partial charge in [-0.15, -0.1) is 0 Å². The smallest absolute Gasteiger partial charge is 0.257 e. The molecule has 0 aliphatic carbocycles. The summed E-state index contributed by atoms with van der Waals surface area (Å²) in [6.07, 6.45) is 0. The second kappa shape index (κ2) is 9.38. The highest BCUT2D eigenvalue weighted by atomic mass is 19.1. The lowest BCUT2D eigenvalue weighted by molar-refractivity contribution is -0.132. The monoisotopic (exact) mass is 415 g/mol. The molecule has 1 aromatic heterocycles. The Morgan fingerprint density at radius 3 is 2.20 bits per heavy atom. The van der Waals surface area contributed by atoms with Crippen molar-refractivity contribution >= 4 is 11.8 Å². The molecular weight excluding hydrogens is 385 g/mol. The summed E-state index contributed by atoms with van der Waals surface area (Å²) in [6.45, 7) is 11.9. The van der Waals surface area contributed by atoms with Gasteiger partial charge in [0.1, 0.15) is 5.82 Å². The van der Waals surface area contributed by atoms with Crippen molar-refractivity contribution in [1.82, 2.24) is 24.5 Å². The minimum absolute atomic E-state index is 0.0481. The van der Waals surface area contributed by atoms with Crippen LogP contribution < -0.4 is 0 Å². The first-order valence-electron chi connectivity index (χ1n) is 10.5. The van der Waals surface area contributed by atoms with Gasteiger partial charge >= 0.3 is 0 Å². The van der Waals surface area contributed by atoms with Gasteiger partial charge in [0.2, 0.25) is 5.91 Å². The number of likely N-dealkylation sites (N-methyl/N-ethyl adjacent to an activating group) is 1. The summed E-state index contributed by atoms with van der Waals surface area (Å²) in [6, 6.07) is 6.06. The fourth-order valence-corrected chi connectivity index (χ4v) is 3.92. The fraction of sp³-hybridized carbons (Fsp3) is 0.500. The zero-order chi connectivity index (χ0) is 21.8. The van der Waals surface area contributed by atoms with E-state index in [1.54, 1.807) is 16.8 Å². The number of piperazine rings is 1. The molecule has 0 radical (unpaired) electrons. The first-order valence-corrected chi connectivity index (χ1v) is 10.5. The number of nitrogens with zero attached hydrogens (tertiary/aromatic N) is 5. The molecule has 0 N–H and O–H groups in total. The molecule has 1 aromatic carbocycles. The van der Waals surface area contributed by atoms with Gasteiger partial charge in [0.15, 0.2) is 0 Å². The Morgan fingerprint density at radius 1 is 1.03 bits per heavy atom. The van der Waals surface area contributed by atoms with Crippen molar-refractivity contribution < 1.29 is 14.0 Å². The van der Waals surface area contributed by atoms with Crippen LogP contribution in [0.15, 0.2) is 24.3 Å². The maximum Gasteiger partial charge on any atom is 0.257 e. The van der Waals surface area contributed by atoms with E-state index in [4.69, 9.17) is 0 Å². The molecule has 0 spiro atoms. The van der Waals surface area contributed by atoms with Crippen molar-refractivity contribution in [2.45, 2.75) is 27.7 Å². The van der Waals surface area contributed by atoms with Crippen molar-refractivity contribution in [3.8, 4) is 5.69 Å². The van der Waals surface area contributed by atoms with Crippen molar-refractivity contribution in [2.24, 2.45) is 0 Å². The molecule has 7 nitrogen and oxygen atoms in total. The number of amides is 2. The lowest BCUT2D eigenvalue weighted by Crippen LogP contribution is -2.51. The van der Waals surface area contributed by atoms with Crippen molar-refractivity contribution in [3.63, 3.8) is 0 Å². The van der Waals surface area contributed by atoms with Crippen LogP contribution in [0.4, 0.5) is 4.39 Å². The van der Waals surface area contributed by atoms with Gasteiger partial charge < -0.3 is 9.80 Å². The third-order valence-electron chi connectivity index (χ3n) is 5.71. The summed E-state index contributed by atoms with van der Waals surface area (Å²) in [5.74, 6) is -0.228. The molecule has 8 heteroatoms. The van der Waals surface area contributed by atoms with Crippen LogP contribution in [0.3, 0.4) is 0 Å². The topological polar surface area (TPSA) is 61.7 Å².